The molecule has 0 bridgehead atoms. The lowest BCUT2D eigenvalue weighted by atomic mass is 10.1. The number of carbonyl (C=O) groups excluding carboxylic acids is 2. The van der Waals surface area contributed by atoms with Gasteiger partial charge in [-0.25, -0.2) is 0 Å². The Hall–Kier alpha value is -2.70. The number of rotatable bonds is 7. The summed E-state index contributed by atoms with van der Waals surface area (Å²) in [6.07, 6.45) is 0.394. The highest BCUT2D eigenvalue weighted by Gasteiger charge is 2.09. The molecule has 3 rings (SSSR count). The Labute approximate surface area is 178 Å². The van der Waals surface area contributed by atoms with Gasteiger partial charge < -0.3 is 9.84 Å². The molecule has 6 heteroatoms. The van der Waals surface area contributed by atoms with Crippen LogP contribution < -0.4 is 0 Å². The SMILES string of the molecule is COC(=O)CCSc1ccc(-c2ccc(SC(=O)c3ccc(O)cc3)cc2)cc1. The number of esters is 1. The Kier molecular flexibility index (Phi) is 7.38. The van der Waals surface area contributed by atoms with Gasteiger partial charge in [-0.1, -0.05) is 24.3 Å². The van der Waals surface area contributed by atoms with Crippen LogP contribution in [0.2, 0.25) is 0 Å². The smallest absolute Gasteiger partial charge is 0.306 e. The third-order valence-corrected chi connectivity index (χ3v) is 6.10. The van der Waals surface area contributed by atoms with Crippen molar-refractivity contribution < 1.29 is 19.4 Å². The van der Waals surface area contributed by atoms with Crippen LogP contribution in [0.15, 0.2) is 82.6 Å². The van der Waals surface area contributed by atoms with Crippen molar-refractivity contribution in [2.24, 2.45) is 0 Å². The number of hydrogen-bond acceptors (Lipinski definition) is 6. The van der Waals surface area contributed by atoms with Crippen molar-refractivity contribution in [1.29, 1.82) is 0 Å². The van der Waals surface area contributed by atoms with E-state index in [0.717, 1.165) is 32.7 Å². The molecule has 0 radical (unpaired) electrons. The summed E-state index contributed by atoms with van der Waals surface area (Å²) in [6, 6.07) is 22.2. The quantitative estimate of drug-likeness (QED) is 0.391. The van der Waals surface area contributed by atoms with Crippen LogP contribution in [-0.4, -0.2) is 29.1 Å². The fraction of sp³-hybridized carbons (Fsp3) is 0.130. The number of benzene rings is 3. The number of phenols is 1. The molecule has 0 saturated carbocycles. The molecule has 0 fully saturated rings. The fourth-order valence-electron chi connectivity index (χ4n) is 2.58. The normalized spacial score (nSPS) is 10.5. The van der Waals surface area contributed by atoms with E-state index in [1.807, 2.05) is 48.5 Å². The maximum Gasteiger partial charge on any atom is 0.306 e. The first kappa shape index (κ1) is 21.0. The molecule has 29 heavy (non-hydrogen) atoms. The third-order valence-electron chi connectivity index (χ3n) is 4.16. The van der Waals surface area contributed by atoms with Crippen LogP contribution in [0.3, 0.4) is 0 Å². The lowest BCUT2D eigenvalue weighted by Crippen LogP contribution is -2.00. The first-order valence-corrected chi connectivity index (χ1v) is 10.8. The standard InChI is InChI=1S/C23H20O4S2/c1-27-22(25)14-15-28-20-10-4-16(5-11-20)17-6-12-21(13-7-17)29-23(26)18-2-8-19(24)9-3-18/h2-13,24H,14-15H2,1H3. The molecule has 1 N–H and O–H groups in total. The van der Waals surface area contributed by atoms with Crippen LogP contribution >= 0.6 is 23.5 Å². The topological polar surface area (TPSA) is 63.6 Å². The maximum atomic E-state index is 12.3. The van der Waals surface area contributed by atoms with E-state index in [-0.39, 0.29) is 16.8 Å². The molecule has 0 aromatic heterocycles. The summed E-state index contributed by atoms with van der Waals surface area (Å²) < 4.78 is 4.64. The fourth-order valence-corrected chi connectivity index (χ4v) is 4.15. The molecule has 3 aromatic rings. The van der Waals surface area contributed by atoms with E-state index in [1.54, 1.807) is 23.9 Å². The second kappa shape index (κ2) is 10.2. The highest BCUT2D eigenvalue weighted by atomic mass is 32.2. The molecule has 0 aliphatic carbocycles. The minimum Gasteiger partial charge on any atom is -0.508 e. The largest absolute Gasteiger partial charge is 0.508 e. The monoisotopic (exact) mass is 424 g/mol. The lowest BCUT2D eigenvalue weighted by molar-refractivity contribution is -0.140. The van der Waals surface area contributed by atoms with Gasteiger partial charge >= 0.3 is 5.97 Å². The first-order valence-electron chi connectivity index (χ1n) is 8.96. The van der Waals surface area contributed by atoms with E-state index in [4.69, 9.17) is 0 Å². The van der Waals surface area contributed by atoms with Crippen molar-refractivity contribution in [1.82, 2.24) is 0 Å². The van der Waals surface area contributed by atoms with E-state index in [0.29, 0.717) is 17.7 Å². The summed E-state index contributed by atoms with van der Waals surface area (Å²) >= 11 is 2.78. The predicted molar refractivity (Wildman–Crippen MR) is 118 cm³/mol. The minimum absolute atomic E-state index is 0.0638. The minimum atomic E-state index is -0.198. The van der Waals surface area contributed by atoms with Gasteiger partial charge in [0.1, 0.15) is 5.75 Å². The summed E-state index contributed by atoms with van der Waals surface area (Å²) in [7, 11) is 1.40. The van der Waals surface area contributed by atoms with Crippen molar-refractivity contribution in [3.63, 3.8) is 0 Å². The van der Waals surface area contributed by atoms with Gasteiger partial charge in [0, 0.05) is 21.1 Å². The van der Waals surface area contributed by atoms with Crippen LogP contribution in [0.25, 0.3) is 11.1 Å². The Morgan fingerprint density at radius 3 is 1.93 bits per heavy atom. The molecule has 0 spiro atoms. The number of methoxy groups -OCH3 is 1. The van der Waals surface area contributed by atoms with E-state index in [9.17, 15) is 14.7 Å². The Bertz CT molecular complexity index is 965. The van der Waals surface area contributed by atoms with Crippen molar-refractivity contribution >= 4 is 34.6 Å². The van der Waals surface area contributed by atoms with Gasteiger partial charge in [-0.05, 0) is 71.4 Å². The summed E-state index contributed by atoms with van der Waals surface area (Å²) in [4.78, 5) is 25.4. The molecule has 0 aliphatic heterocycles. The third kappa shape index (κ3) is 6.14. The van der Waals surface area contributed by atoms with Gasteiger partial charge in [0.25, 0.3) is 0 Å². The maximum absolute atomic E-state index is 12.3. The summed E-state index contributed by atoms with van der Waals surface area (Å²) in [6.45, 7) is 0. The van der Waals surface area contributed by atoms with Gasteiger partial charge in [-0.2, -0.15) is 0 Å². The van der Waals surface area contributed by atoms with Crippen LogP contribution in [0.4, 0.5) is 0 Å². The molecule has 4 nitrogen and oxygen atoms in total. The molecule has 0 heterocycles. The number of carbonyl (C=O) groups is 2. The zero-order valence-corrected chi connectivity index (χ0v) is 17.5. The molecule has 3 aromatic carbocycles. The van der Waals surface area contributed by atoms with Gasteiger partial charge in [0.05, 0.1) is 13.5 Å². The highest BCUT2D eigenvalue weighted by molar-refractivity contribution is 8.14. The van der Waals surface area contributed by atoms with E-state index < -0.39 is 0 Å². The summed E-state index contributed by atoms with van der Waals surface area (Å²) in [5, 5.41) is 9.26. The van der Waals surface area contributed by atoms with E-state index in [1.165, 1.54) is 19.2 Å². The van der Waals surface area contributed by atoms with Gasteiger partial charge in [-0.15, -0.1) is 11.8 Å². The summed E-state index contributed by atoms with van der Waals surface area (Å²) in [5.41, 5.74) is 2.71. The average Bonchev–Trinajstić information content (AvgIpc) is 2.75. The molecule has 148 valence electrons. The molecular weight excluding hydrogens is 404 g/mol. The Morgan fingerprint density at radius 1 is 0.828 bits per heavy atom. The Balaban J connectivity index is 1.58. The summed E-state index contributed by atoms with van der Waals surface area (Å²) in [5.74, 6) is 0.632. The van der Waals surface area contributed by atoms with E-state index >= 15 is 0 Å². The number of hydrogen-bond donors (Lipinski definition) is 1. The van der Waals surface area contributed by atoms with Gasteiger partial charge in [0.2, 0.25) is 5.12 Å². The number of phenolic OH excluding ortho intramolecular Hbond substituents is 1. The number of ether oxygens (including phenoxy) is 1. The molecule has 0 atom stereocenters. The predicted octanol–water partition coefficient (Wildman–Crippen LogP) is 5.65. The number of aromatic hydroxyl groups is 1. The van der Waals surface area contributed by atoms with Crippen molar-refractivity contribution in [2.45, 2.75) is 16.2 Å². The van der Waals surface area contributed by atoms with Gasteiger partial charge in [-0.3, -0.25) is 9.59 Å². The second-order valence-corrected chi connectivity index (χ2v) is 8.37. The molecule has 0 saturated heterocycles. The van der Waals surface area contributed by atoms with Crippen LogP contribution in [0, 0.1) is 0 Å². The van der Waals surface area contributed by atoms with Crippen molar-refractivity contribution in [3.8, 4) is 16.9 Å². The zero-order valence-electron chi connectivity index (χ0n) is 15.8. The van der Waals surface area contributed by atoms with Gasteiger partial charge in [0.15, 0.2) is 0 Å². The molecular formula is C23H20O4S2. The molecule has 0 aliphatic rings. The first-order chi connectivity index (χ1) is 14.0. The van der Waals surface area contributed by atoms with Crippen molar-refractivity contribution in [3.05, 3.63) is 78.4 Å². The zero-order chi connectivity index (χ0) is 20.6. The van der Waals surface area contributed by atoms with Crippen LogP contribution in [0.5, 0.6) is 5.75 Å². The van der Waals surface area contributed by atoms with Crippen molar-refractivity contribution in [2.75, 3.05) is 12.9 Å². The Morgan fingerprint density at radius 2 is 1.38 bits per heavy atom. The molecule has 0 unspecified atom stereocenters. The molecule has 0 amide bonds. The van der Waals surface area contributed by atoms with Crippen LogP contribution in [0.1, 0.15) is 16.8 Å². The second-order valence-electron chi connectivity index (χ2n) is 6.16. The van der Waals surface area contributed by atoms with E-state index in [2.05, 4.69) is 4.74 Å². The van der Waals surface area contributed by atoms with Crippen LogP contribution in [-0.2, 0) is 9.53 Å². The number of thioether (sulfide) groups is 2. The lowest BCUT2D eigenvalue weighted by Gasteiger charge is -2.06. The average molecular weight is 425 g/mol. The highest BCUT2D eigenvalue weighted by Crippen LogP contribution is 2.28.